The number of methoxy groups -OCH3 is 2. The molecule has 0 N–H and O–H groups in total. The zero-order valence-corrected chi connectivity index (χ0v) is 19.3. The standard InChI is InChI=1S/C23H30N2O5S/c1-24(31(4,27)28)20-16-22(30-3)21(29-2)15-19(20)23(26)25-12-10-18(11-13-25)14-17-8-6-5-7-9-17/h5-9,15-16,18H,10-14H2,1-4H3. The normalized spacial score (nSPS) is 14.9. The SMILES string of the molecule is COc1cc(C(=O)N2CCC(Cc3ccccc3)CC2)c(N(C)S(C)(=O)=O)cc1OC. The molecule has 0 spiro atoms. The molecule has 168 valence electrons. The van der Waals surface area contributed by atoms with Gasteiger partial charge in [0.2, 0.25) is 10.0 Å². The van der Waals surface area contributed by atoms with Crippen molar-refractivity contribution in [3.63, 3.8) is 0 Å². The highest BCUT2D eigenvalue weighted by atomic mass is 32.2. The van der Waals surface area contributed by atoms with Crippen LogP contribution in [0.2, 0.25) is 0 Å². The summed E-state index contributed by atoms with van der Waals surface area (Å²) < 4.78 is 36.1. The van der Waals surface area contributed by atoms with Gasteiger partial charge in [0.25, 0.3) is 5.91 Å². The fourth-order valence-electron chi connectivity index (χ4n) is 3.94. The Morgan fingerprint density at radius 2 is 1.65 bits per heavy atom. The molecule has 1 heterocycles. The van der Waals surface area contributed by atoms with Crippen LogP contribution in [0, 0.1) is 5.92 Å². The van der Waals surface area contributed by atoms with Crippen molar-refractivity contribution in [1.82, 2.24) is 4.90 Å². The first-order valence-electron chi connectivity index (χ1n) is 10.3. The number of hydrogen-bond acceptors (Lipinski definition) is 5. The Morgan fingerprint density at radius 3 is 2.19 bits per heavy atom. The highest BCUT2D eigenvalue weighted by Gasteiger charge is 2.29. The Bertz CT molecular complexity index is 1020. The molecule has 2 aromatic carbocycles. The van der Waals surface area contributed by atoms with Crippen LogP contribution in [0.5, 0.6) is 11.5 Å². The summed E-state index contributed by atoms with van der Waals surface area (Å²) in [7, 11) is 0.826. The molecule has 1 saturated heterocycles. The molecule has 1 fully saturated rings. The van der Waals surface area contributed by atoms with E-state index in [0.29, 0.717) is 30.5 Å². The number of sulfonamides is 1. The second kappa shape index (κ2) is 9.60. The Balaban J connectivity index is 1.82. The van der Waals surface area contributed by atoms with Crippen LogP contribution >= 0.6 is 0 Å². The molecule has 0 unspecified atom stereocenters. The number of amides is 1. The highest BCUT2D eigenvalue weighted by molar-refractivity contribution is 7.92. The molecular formula is C23H30N2O5S. The minimum Gasteiger partial charge on any atom is -0.493 e. The summed E-state index contributed by atoms with van der Waals surface area (Å²) in [5.74, 6) is 1.07. The summed E-state index contributed by atoms with van der Waals surface area (Å²) in [6.07, 6.45) is 3.92. The van der Waals surface area contributed by atoms with Crippen molar-refractivity contribution in [2.45, 2.75) is 19.3 Å². The number of ether oxygens (including phenoxy) is 2. The molecule has 0 aliphatic carbocycles. The summed E-state index contributed by atoms with van der Waals surface area (Å²) >= 11 is 0. The maximum Gasteiger partial charge on any atom is 0.256 e. The number of nitrogens with zero attached hydrogens (tertiary/aromatic N) is 2. The fraction of sp³-hybridized carbons (Fsp3) is 0.435. The van der Waals surface area contributed by atoms with Crippen molar-refractivity contribution in [3.8, 4) is 11.5 Å². The molecule has 0 aromatic heterocycles. The number of piperidine rings is 1. The van der Waals surface area contributed by atoms with E-state index in [1.807, 2.05) is 18.2 Å². The van der Waals surface area contributed by atoms with Gasteiger partial charge in [-0.25, -0.2) is 8.42 Å². The van der Waals surface area contributed by atoms with Gasteiger partial charge in [-0.05, 0) is 36.8 Å². The molecule has 1 aliphatic heterocycles. The topological polar surface area (TPSA) is 76.2 Å². The van der Waals surface area contributed by atoms with Crippen LogP contribution in [0.25, 0.3) is 0 Å². The molecule has 8 heteroatoms. The summed E-state index contributed by atoms with van der Waals surface area (Å²) in [5.41, 5.74) is 1.87. The minimum atomic E-state index is -3.56. The van der Waals surface area contributed by atoms with E-state index < -0.39 is 10.0 Å². The van der Waals surface area contributed by atoms with Crippen molar-refractivity contribution < 1.29 is 22.7 Å². The predicted molar refractivity (Wildman–Crippen MR) is 122 cm³/mol. The molecule has 0 bridgehead atoms. The quantitative estimate of drug-likeness (QED) is 0.653. The first-order chi connectivity index (χ1) is 14.7. The molecule has 7 nitrogen and oxygen atoms in total. The molecule has 31 heavy (non-hydrogen) atoms. The Kier molecular flexibility index (Phi) is 7.10. The van der Waals surface area contributed by atoms with E-state index in [1.54, 1.807) is 11.0 Å². The lowest BCUT2D eigenvalue weighted by atomic mass is 9.90. The van der Waals surface area contributed by atoms with Gasteiger partial charge < -0.3 is 14.4 Å². The lowest BCUT2D eigenvalue weighted by Crippen LogP contribution is -2.40. The first-order valence-corrected chi connectivity index (χ1v) is 12.1. The molecular weight excluding hydrogens is 416 g/mol. The monoisotopic (exact) mass is 446 g/mol. The number of anilines is 1. The molecule has 0 atom stereocenters. The van der Waals surface area contributed by atoms with E-state index in [1.165, 1.54) is 32.9 Å². The minimum absolute atomic E-state index is 0.204. The largest absolute Gasteiger partial charge is 0.493 e. The smallest absolute Gasteiger partial charge is 0.256 e. The zero-order chi connectivity index (χ0) is 22.6. The van der Waals surface area contributed by atoms with Gasteiger partial charge in [-0.1, -0.05) is 30.3 Å². The van der Waals surface area contributed by atoms with E-state index in [-0.39, 0.29) is 17.2 Å². The van der Waals surface area contributed by atoms with Crippen LogP contribution in [0.1, 0.15) is 28.8 Å². The average Bonchev–Trinajstić information content (AvgIpc) is 2.77. The average molecular weight is 447 g/mol. The summed E-state index contributed by atoms with van der Waals surface area (Å²) in [6, 6.07) is 13.5. The first kappa shape index (κ1) is 22.9. The number of rotatable bonds is 7. The summed E-state index contributed by atoms with van der Waals surface area (Å²) in [5, 5.41) is 0. The number of carbonyl (C=O) groups excluding carboxylic acids is 1. The van der Waals surface area contributed by atoms with Crippen LogP contribution in [0.15, 0.2) is 42.5 Å². The van der Waals surface area contributed by atoms with Gasteiger partial charge in [0.15, 0.2) is 11.5 Å². The molecule has 2 aromatic rings. The Labute approximate surface area is 184 Å². The molecule has 0 saturated carbocycles. The number of carbonyl (C=O) groups is 1. The van der Waals surface area contributed by atoms with Crippen molar-refractivity contribution >= 4 is 21.6 Å². The van der Waals surface area contributed by atoms with Crippen LogP contribution in [0.3, 0.4) is 0 Å². The predicted octanol–water partition coefficient (Wildman–Crippen LogP) is 3.19. The van der Waals surface area contributed by atoms with Gasteiger partial charge in [-0.15, -0.1) is 0 Å². The Morgan fingerprint density at radius 1 is 1.06 bits per heavy atom. The van der Waals surface area contributed by atoms with Crippen molar-refractivity contribution in [3.05, 3.63) is 53.6 Å². The lowest BCUT2D eigenvalue weighted by Gasteiger charge is -2.33. The van der Waals surface area contributed by atoms with Gasteiger partial charge in [0, 0.05) is 26.2 Å². The van der Waals surface area contributed by atoms with Crippen LogP contribution in [0.4, 0.5) is 5.69 Å². The third kappa shape index (κ3) is 5.31. The summed E-state index contributed by atoms with van der Waals surface area (Å²) in [6.45, 7) is 1.26. The van der Waals surface area contributed by atoms with Crippen molar-refractivity contribution in [2.24, 2.45) is 5.92 Å². The van der Waals surface area contributed by atoms with E-state index in [0.717, 1.165) is 29.8 Å². The van der Waals surface area contributed by atoms with Gasteiger partial charge >= 0.3 is 0 Å². The van der Waals surface area contributed by atoms with E-state index in [9.17, 15) is 13.2 Å². The van der Waals surface area contributed by atoms with Gasteiger partial charge in [0.05, 0.1) is 31.7 Å². The zero-order valence-electron chi connectivity index (χ0n) is 18.5. The number of hydrogen-bond donors (Lipinski definition) is 0. The van der Waals surface area contributed by atoms with Crippen LogP contribution in [-0.4, -0.2) is 59.8 Å². The number of likely N-dealkylation sites (tertiary alicyclic amines) is 1. The summed E-state index contributed by atoms with van der Waals surface area (Å²) in [4.78, 5) is 15.2. The van der Waals surface area contributed by atoms with Crippen molar-refractivity contribution in [1.29, 1.82) is 0 Å². The maximum atomic E-state index is 13.4. The molecule has 3 rings (SSSR count). The van der Waals surface area contributed by atoms with E-state index in [2.05, 4.69) is 12.1 Å². The molecule has 1 amide bonds. The van der Waals surface area contributed by atoms with Crippen LogP contribution < -0.4 is 13.8 Å². The third-order valence-corrected chi connectivity index (χ3v) is 7.03. The number of benzene rings is 2. The van der Waals surface area contributed by atoms with E-state index >= 15 is 0 Å². The van der Waals surface area contributed by atoms with E-state index in [4.69, 9.17) is 9.47 Å². The highest BCUT2D eigenvalue weighted by Crippen LogP contribution is 2.37. The second-order valence-corrected chi connectivity index (χ2v) is 9.89. The second-order valence-electron chi connectivity index (χ2n) is 7.88. The van der Waals surface area contributed by atoms with Crippen LogP contribution in [-0.2, 0) is 16.4 Å². The Hall–Kier alpha value is -2.74. The molecule has 0 radical (unpaired) electrons. The molecule has 1 aliphatic rings. The third-order valence-electron chi connectivity index (χ3n) is 5.84. The maximum absolute atomic E-state index is 13.4. The fourth-order valence-corrected chi connectivity index (χ4v) is 4.45. The van der Waals surface area contributed by atoms with Crippen molar-refractivity contribution in [2.75, 3.05) is 44.9 Å². The van der Waals surface area contributed by atoms with Gasteiger partial charge in [-0.3, -0.25) is 9.10 Å². The lowest BCUT2D eigenvalue weighted by molar-refractivity contribution is 0.0691. The van der Waals surface area contributed by atoms with Gasteiger partial charge in [-0.2, -0.15) is 0 Å². The van der Waals surface area contributed by atoms with Gasteiger partial charge in [0.1, 0.15) is 0 Å².